The van der Waals surface area contributed by atoms with Gasteiger partial charge in [0, 0.05) is 38.1 Å². The van der Waals surface area contributed by atoms with E-state index < -0.39 is 0 Å². The molecule has 8 heteroatoms. The van der Waals surface area contributed by atoms with Gasteiger partial charge < -0.3 is 24.0 Å². The number of carbonyl (C=O) groups excluding carboxylic acids is 2. The van der Waals surface area contributed by atoms with Gasteiger partial charge in [-0.1, -0.05) is 38.3 Å². The molecular weight excluding hydrogens is 452 g/mol. The molecule has 1 aromatic carbocycles. The van der Waals surface area contributed by atoms with E-state index in [0.29, 0.717) is 44.8 Å². The fourth-order valence-electron chi connectivity index (χ4n) is 3.90. The van der Waals surface area contributed by atoms with E-state index in [2.05, 4.69) is 6.92 Å². The number of hydrogen-bond donors (Lipinski definition) is 0. The van der Waals surface area contributed by atoms with Crippen LogP contribution in [0.2, 0.25) is 0 Å². The lowest BCUT2D eigenvalue weighted by atomic mass is 10.1. The molecule has 0 unspecified atom stereocenters. The van der Waals surface area contributed by atoms with Gasteiger partial charge in [0.2, 0.25) is 18.6 Å². The van der Waals surface area contributed by atoms with Crippen molar-refractivity contribution < 1.29 is 23.8 Å². The van der Waals surface area contributed by atoms with Gasteiger partial charge in [-0.25, -0.2) is 0 Å². The number of ether oxygens (including phenoxy) is 3. The maximum atomic E-state index is 13.5. The molecule has 34 heavy (non-hydrogen) atoms. The van der Waals surface area contributed by atoms with Gasteiger partial charge in [0.1, 0.15) is 0 Å². The van der Waals surface area contributed by atoms with Crippen LogP contribution in [0.1, 0.15) is 55.9 Å². The first-order valence-corrected chi connectivity index (χ1v) is 12.9. The lowest BCUT2D eigenvalue weighted by Crippen LogP contribution is -2.43. The van der Waals surface area contributed by atoms with Crippen molar-refractivity contribution in [1.29, 1.82) is 0 Å². The van der Waals surface area contributed by atoms with Crippen LogP contribution < -0.4 is 9.47 Å². The highest BCUT2D eigenvalue weighted by atomic mass is 32.1. The topological polar surface area (TPSA) is 68.3 Å². The number of nitrogens with zero attached hydrogens (tertiary/aromatic N) is 2. The number of thiophene rings is 1. The minimum Gasteiger partial charge on any atom is -0.454 e. The van der Waals surface area contributed by atoms with Crippen molar-refractivity contribution >= 4 is 23.2 Å². The number of hydrogen-bond acceptors (Lipinski definition) is 6. The lowest BCUT2D eigenvalue weighted by molar-refractivity contribution is -0.141. The third kappa shape index (κ3) is 8.02. The smallest absolute Gasteiger partial charge is 0.242 e. The number of amides is 2. The van der Waals surface area contributed by atoms with Gasteiger partial charge in [0.25, 0.3) is 0 Å². The number of carbonyl (C=O) groups is 2. The minimum atomic E-state index is -0.0645. The minimum absolute atomic E-state index is 0.0414. The number of methoxy groups -OCH3 is 1. The Balaban J connectivity index is 1.69. The van der Waals surface area contributed by atoms with Crippen LogP contribution in [0.15, 0.2) is 35.7 Å². The van der Waals surface area contributed by atoms with Crippen molar-refractivity contribution in [3.63, 3.8) is 0 Å². The van der Waals surface area contributed by atoms with E-state index >= 15 is 0 Å². The van der Waals surface area contributed by atoms with Crippen molar-refractivity contribution in [2.45, 2.75) is 58.5 Å². The molecule has 2 amide bonds. The van der Waals surface area contributed by atoms with Crippen LogP contribution >= 0.6 is 11.3 Å². The molecule has 2 aromatic rings. The van der Waals surface area contributed by atoms with Crippen LogP contribution in [-0.4, -0.2) is 55.2 Å². The summed E-state index contributed by atoms with van der Waals surface area (Å²) in [7, 11) is 1.65. The standard InChI is InChI=1S/C26H36N2O5S/c1-3-4-5-6-10-25(29)27(13-8-14-31-2)19-26(30)28(18-22-9-7-15-34-22)17-21-11-12-23-24(16-21)33-20-32-23/h7,9,11-12,15-16H,3-6,8,10,13-14,17-20H2,1-2H3. The van der Waals surface area contributed by atoms with Gasteiger partial charge in [0.05, 0.1) is 13.1 Å². The number of benzene rings is 1. The summed E-state index contributed by atoms with van der Waals surface area (Å²) in [5, 5.41) is 2.01. The van der Waals surface area contributed by atoms with Crippen LogP contribution in [0, 0.1) is 0 Å². The van der Waals surface area contributed by atoms with E-state index in [-0.39, 0.29) is 25.2 Å². The zero-order valence-electron chi connectivity index (χ0n) is 20.3. The van der Waals surface area contributed by atoms with Crippen molar-refractivity contribution in [1.82, 2.24) is 9.80 Å². The Morgan fingerprint density at radius 3 is 2.62 bits per heavy atom. The molecule has 0 radical (unpaired) electrons. The third-order valence-corrected chi connectivity index (χ3v) is 6.65. The molecule has 0 atom stereocenters. The third-order valence-electron chi connectivity index (χ3n) is 5.79. The van der Waals surface area contributed by atoms with Gasteiger partial charge in [-0.05, 0) is 42.0 Å². The van der Waals surface area contributed by atoms with E-state index in [0.717, 1.165) is 41.9 Å². The van der Waals surface area contributed by atoms with Crippen molar-refractivity contribution in [3.8, 4) is 11.5 Å². The molecule has 2 heterocycles. The molecule has 0 spiro atoms. The summed E-state index contributed by atoms with van der Waals surface area (Å²) >= 11 is 1.62. The Kier molecular flexibility index (Phi) is 10.7. The Morgan fingerprint density at radius 1 is 1.00 bits per heavy atom. The molecule has 0 aliphatic carbocycles. The van der Waals surface area contributed by atoms with Crippen LogP contribution in [0.5, 0.6) is 11.5 Å². The first kappa shape index (κ1) is 26.0. The number of fused-ring (bicyclic) bond motifs is 1. The van der Waals surface area contributed by atoms with E-state index in [4.69, 9.17) is 14.2 Å². The Labute approximate surface area is 206 Å². The van der Waals surface area contributed by atoms with Gasteiger partial charge in [-0.3, -0.25) is 9.59 Å². The highest BCUT2D eigenvalue weighted by molar-refractivity contribution is 7.09. The molecular formula is C26H36N2O5S. The Hall–Kier alpha value is -2.58. The zero-order valence-corrected chi connectivity index (χ0v) is 21.1. The molecule has 3 rings (SSSR count). The molecule has 1 aliphatic heterocycles. The van der Waals surface area contributed by atoms with E-state index in [1.54, 1.807) is 23.3 Å². The maximum absolute atomic E-state index is 13.5. The monoisotopic (exact) mass is 488 g/mol. The second-order valence-corrected chi connectivity index (χ2v) is 9.52. The molecule has 186 valence electrons. The molecule has 1 aromatic heterocycles. The van der Waals surface area contributed by atoms with Crippen molar-refractivity contribution in [2.75, 3.05) is 33.6 Å². The average Bonchev–Trinajstić information content (AvgIpc) is 3.52. The second-order valence-electron chi connectivity index (χ2n) is 8.49. The van der Waals surface area contributed by atoms with Gasteiger partial charge in [-0.15, -0.1) is 11.3 Å². The molecule has 0 bridgehead atoms. The largest absolute Gasteiger partial charge is 0.454 e. The molecule has 0 saturated heterocycles. The van der Waals surface area contributed by atoms with Gasteiger partial charge in [-0.2, -0.15) is 0 Å². The van der Waals surface area contributed by atoms with Crippen LogP contribution in [-0.2, 0) is 27.4 Å². The molecule has 7 nitrogen and oxygen atoms in total. The van der Waals surface area contributed by atoms with Crippen molar-refractivity contribution in [3.05, 3.63) is 46.2 Å². The predicted molar refractivity (Wildman–Crippen MR) is 133 cm³/mol. The van der Waals surface area contributed by atoms with Crippen LogP contribution in [0.4, 0.5) is 0 Å². The molecule has 0 fully saturated rings. The zero-order chi connectivity index (χ0) is 24.2. The summed E-state index contributed by atoms with van der Waals surface area (Å²) in [6.07, 6.45) is 5.33. The highest BCUT2D eigenvalue weighted by Crippen LogP contribution is 2.33. The first-order chi connectivity index (χ1) is 16.6. The molecule has 0 N–H and O–H groups in total. The Bertz CT molecular complexity index is 903. The fraction of sp³-hybridized carbons (Fsp3) is 0.538. The highest BCUT2D eigenvalue weighted by Gasteiger charge is 2.23. The normalized spacial score (nSPS) is 12.1. The van der Waals surface area contributed by atoms with Crippen LogP contribution in [0.3, 0.4) is 0 Å². The number of unbranched alkanes of at least 4 members (excludes halogenated alkanes) is 3. The number of rotatable bonds is 15. The summed E-state index contributed by atoms with van der Waals surface area (Å²) in [5.74, 6) is 1.40. The summed E-state index contributed by atoms with van der Waals surface area (Å²) in [5.41, 5.74) is 0.964. The SMILES string of the molecule is CCCCCCC(=O)N(CCCOC)CC(=O)N(Cc1ccc2c(c1)OCO2)Cc1cccs1. The van der Waals surface area contributed by atoms with Gasteiger partial charge >= 0.3 is 0 Å². The van der Waals surface area contributed by atoms with E-state index in [1.807, 2.05) is 40.6 Å². The lowest BCUT2D eigenvalue weighted by Gasteiger charge is -2.28. The molecule has 1 aliphatic rings. The first-order valence-electron chi connectivity index (χ1n) is 12.1. The molecule has 0 saturated carbocycles. The second kappa shape index (κ2) is 14.0. The summed E-state index contributed by atoms with van der Waals surface area (Å²) < 4.78 is 16.1. The van der Waals surface area contributed by atoms with Crippen molar-refractivity contribution in [2.24, 2.45) is 0 Å². The van der Waals surface area contributed by atoms with Crippen LogP contribution in [0.25, 0.3) is 0 Å². The summed E-state index contributed by atoms with van der Waals surface area (Å²) in [6, 6.07) is 9.77. The van der Waals surface area contributed by atoms with E-state index in [1.165, 1.54) is 0 Å². The fourth-order valence-corrected chi connectivity index (χ4v) is 4.62. The average molecular weight is 489 g/mol. The predicted octanol–water partition coefficient (Wildman–Crippen LogP) is 4.84. The Morgan fingerprint density at radius 2 is 1.85 bits per heavy atom. The maximum Gasteiger partial charge on any atom is 0.242 e. The quantitative estimate of drug-likeness (QED) is 0.336. The van der Waals surface area contributed by atoms with Gasteiger partial charge in [0.15, 0.2) is 11.5 Å². The summed E-state index contributed by atoms with van der Waals surface area (Å²) in [6.45, 7) is 4.46. The van der Waals surface area contributed by atoms with E-state index in [9.17, 15) is 9.59 Å². The summed E-state index contributed by atoms with van der Waals surface area (Å²) in [4.78, 5) is 31.1.